The molecule has 0 aliphatic carbocycles. The fourth-order valence-electron chi connectivity index (χ4n) is 1.45. The van der Waals surface area contributed by atoms with Gasteiger partial charge in [-0.15, -0.1) is 0 Å². The molecule has 0 saturated heterocycles. The van der Waals surface area contributed by atoms with Crippen LogP contribution in [0.5, 0.6) is 0 Å². The Labute approximate surface area is 107 Å². The molecule has 1 amide bonds. The molecule has 0 radical (unpaired) electrons. The zero-order valence-corrected chi connectivity index (χ0v) is 10.5. The van der Waals surface area contributed by atoms with Crippen LogP contribution in [0.2, 0.25) is 0 Å². The zero-order chi connectivity index (χ0) is 14.1. The highest BCUT2D eigenvalue weighted by Gasteiger charge is 2.45. The summed E-state index contributed by atoms with van der Waals surface area (Å²) in [6, 6.07) is 2.57. The third kappa shape index (κ3) is 2.59. The summed E-state index contributed by atoms with van der Waals surface area (Å²) in [7, 11) is 0.950. The van der Waals surface area contributed by atoms with Crippen LogP contribution >= 0.6 is 11.8 Å². The number of hydrogen-bond donors (Lipinski definition) is 1. The van der Waals surface area contributed by atoms with Crippen molar-refractivity contribution in [2.75, 3.05) is 7.05 Å². The number of hydrogen-bond acceptors (Lipinski definition) is 2. The summed E-state index contributed by atoms with van der Waals surface area (Å²) in [6.07, 6.45) is 0. The minimum Gasteiger partial charge on any atom is -0.324 e. The molecule has 3 nitrogen and oxygen atoms in total. The lowest BCUT2D eigenvalue weighted by molar-refractivity contribution is -0.153. The monoisotopic (exact) mass is 280 g/mol. The minimum atomic E-state index is -4.04. The molecule has 18 heavy (non-hydrogen) atoms. The highest BCUT2D eigenvalue weighted by Crippen LogP contribution is 2.34. The molecule has 0 fully saturated rings. The van der Waals surface area contributed by atoms with Crippen LogP contribution in [0.25, 0.3) is 0 Å². The Hall–Kier alpha value is -1.27. The summed E-state index contributed by atoms with van der Waals surface area (Å²) in [5.41, 5.74) is 4.34. The van der Waals surface area contributed by atoms with Crippen molar-refractivity contribution in [3.05, 3.63) is 35.1 Å². The van der Waals surface area contributed by atoms with Gasteiger partial charge in [-0.05, 0) is 13.0 Å². The van der Waals surface area contributed by atoms with Gasteiger partial charge >= 0.3 is 11.8 Å². The van der Waals surface area contributed by atoms with Crippen molar-refractivity contribution < 1.29 is 18.0 Å². The topological polar surface area (TPSA) is 46.3 Å². The summed E-state index contributed by atoms with van der Waals surface area (Å²) in [5.74, 6) is -6.93. The Balaban J connectivity index is 3.33. The fourth-order valence-corrected chi connectivity index (χ4v) is 1.56. The molecule has 0 aliphatic heterocycles. The van der Waals surface area contributed by atoms with Gasteiger partial charge in [0.2, 0.25) is 0 Å². The highest BCUT2D eigenvalue weighted by atomic mass is 35.5. The van der Waals surface area contributed by atoms with Gasteiger partial charge in [0.05, 0.1) is 5.56 Å². The minimum absolute atomic E-state index is 0.0859. The summed E-state index contributed by atoms with van der Waals surface area (Å²) >= 11 is 5.17. The quantitative estimate of drug-likeness (QED) is 0.865. The molecule has 0 unspecified atom stereocenters. The van der Waals surface area contributed by atoms with Crippen molar-refractivity contribution in [3.8, 4) is 0 Å². The van der Waals surface area contributed by atoms with Crippen LogP contribution in [-0.4, -0.2) is 17.4 Å². The Morgan fingerprint density at radius 3 is 2.50 bits per heavy atom. The van der Waals surface area contributed by atoms with E-state index in [0.717, 1.165) is 13.1 Å². The second-order valence-corrected chi connectivity index (χ2v) is 4.36. The number of carbonyl (C=O) groups excluding carboxylic acids is 1. The van der Waals surface area contributed by atoms with Crippen LogP contribution in [0.4, 0.5) is 13.2 Å². The van der Waals surface area contributed by atoms with Crippen LogP contribution in [0, 0.1) is 5.82 Å². The summed E-state index contributed by atoms with van der Waals surface area (Å²) in [4.78, 5) is 11.2. The van der Waals surface area contributed by atoms with Crippen LogP contribution in [0.15, 0.2) is 18.2 Å². The van der Waals surface area contributed by atoms with E-state index in [4.69, 9.17) is 17.5 Å². The van der Waals surface area contributed by atoms with Gasteiger partial charge in [-0.25, -0.2) is 4.39 Å². The van der Waals surface area contributed by atoms with Crippen LogP contribution in [-0.2, 0) is 10.7 Å². The lowest BCUT2D eigenvalue weighted by atomic mass is 10.00. The predicted octanol–water partition coefficient (Wildman–Crippen LogP) is 2.55. The van der Waals surface area contributed by atoms with Gasteiger partial charge in [0.15, 0.2) is 0 Å². The van der Waals surface area contributed by atoms with Crippen LogP contribution < -0.4 is 5.73 Å². The molecule has 0 spiro atoms. The molecule has 0 saturated carbocycles. The van der Waals surface area contributed by atoms with E-state index in [1.54, 1.807) is 0 Å². The van der Waals surface area contributed by atoms with Crippen molar-refractivity contribution in [2.45, 2.75) is 18.9 Å². The second kappa shape index (κ2) is 5.16. The van der Waals surface area contributed by atoms with E-state index in [9.17, 15) is 18.0 Å². The first-order valence-electron chi connectivity index (χ1n) is 5.05. The van der Waals surface area contributed by atoms with E-state index in [1.165, 1.54) is 19.1 Å². The van der Waals surface area contributed by atoms with E-state index in [0.29, 0.717) is 0 Å². The van der Waals surface area contributed by atoms with Gasteiger partial charge in [-0.3, -0.25) is 9.21 Å². The summed E-state index contributed by atoms with van der Waals surface area (Å²) in [5, 5.41) is 0. The third-order valence-electron chi connectivity index (χ3n) is 2.41. The van der Waals surface area contributed by atoms with Crippen molar-refractivity contribution in [2.24, 2.45) is 5.73 Å². The molecule has 100 valence electrons. The van der Waals surface area contributed by atoms with Gasteiger partial charge in [-0.1, -0.05) is 12.1 Å². The normalized spacial score (nSPS) is 13.3. The highest BCUT2D eigenvalue weighted by molar-refractivity contribution is 6.21. The summed E-state index contributed by atoms with van der Waals surface area (Å²) in [6.45, 7) is 1.45. The van der Waals surface area contributed by atoms with E-state index in [1.807, 2.05) is 0 Å². The maximum absolute atomic E-state index is 13.9. The van der Waals surface area contributed by atoms with Gasteiger partial charge in [0, 0.05) is 30.4 Å². The van der Waals surface area contributed by atoms with Crippen molar-refractivity contribution in [1.82, 2.24) is 4.42 Å². The number of alkyl halides is 2. The number of carbonyl (C=O) groups is 1. The number of nitrogens with zero attached hydrogens (tertiary/aromatic N) is 1. The van der Waals surface area contributed by atoms with Gasteiger partial charge < -0.3 is 5.73 Å². The Morgan fingerprint density at radius 2 is 2.06 bits per heavy atom. The molecule has 1 aromatic carbocycles. The molecule has 1 rings (SSSR count). The molecule has 7 heteroatoms. The second-order valence-electron chi connectivity index (χ2n) is 3.85. The standard InChI is InChI=1S/C11H12ClF3N2O/c1-6(16)7-4-3-5-8(9(7)13)11(14,15)10(18)17(2)12/h3-6H,16H2,1-2H3/t6-/m1/s1. The number of benzene rings is 1. The number of halogens is 4. The molecular weight excluding hydrogens is 269 g/mol. The first-order valence-corrected chi connectivity index (χ1v) is 5.39. The van der Waals surface area contributed by atoms with Gasteiger partial charge in [0.25, 0.3) is 0 Å². The predicted molar refractivity (Wildman–Crippen MR) is 61.5 cm³/mol. The molecule has 1 atom stereocenters. The largest absolute Gasteiger partial charge is 0.354 e. The maximum Gasteiger partial charge on any atom is 0.354 e. The van der Waals surface area contributed by atoms with Crippen molar-refractivity contribution >= 4 is 17.7 Å². The SMILES string of the molecule is C[C@@H](N)c1cccc(C(F)(F)C(=O)N(C)Cl)c1F. The van der Waals surface area contributed by atoms with Gasteiger partial charge in [0.1, 0.15) is 5.82 Å². The Bertz CT molecular complexity index is 464. The molecular formula is C11H12ClF3N2O. The first kappa shape index (κ1) is 14.8. The zero-order valence-electron chi connectivity index (χ0n) is 9.75. The van der Waals surface area contributed by atoms with E-state index >= 15 is 0 Å². The van der Waals surface area contributed by atoms with E-state index < -0.39 is 29.3 Å². The smallest absolute Gasteiger partial charge is 0.324 e. The number of amides is 1. The van der Waals surface area contributed by atoms with Gasteiger partial charge in [-0.2, -0.15) is 8.78 Å². The Morgan fingerprint density at radius 1 is 1.50 bits per heavy atom. The van der Waals surface area contributed by atoms with Crippen molar-refractivity contribution in [1.29, 1.82) is 0 Å². The molecule has 0 aliphatic rings. The Kier molecular flexibility index (Phi) is 4.24. The molecule has 0 bridgehead atoms. The third-order valence-corrected chi connectivity index (χ3v) is 2.56. The van der Waals surface area contributed by atoms with Crippen molar-refractivity contribution in [3.63, 3.8) is 0 Å². The van der Waals surface area contributed by atoms with E-state index in [2.05, 4.69) is 0 Å². The number of likely N-dealkylation sites (N-methyl/N-ethyl adjacent to an activating group) is 1. The number of nitrogens with two attached hydrogens (primary N) is 1. The van der Waals surface area contributed by atoms with Crippen LogP contribution in [0.3, 0.4) is 0 Å². The first-order chi connectivity index (χ1) is 8.19. The molecule has 0 heterocycles. The number of rotatable bonds is 3. The summed E-state index contributed by atoms with van der Waals surface area (Å²) < 4.78 is 41.6. The lowest BCUT2D eigenvalue weighted by Crippen LogP contribution is -2.35. The molecule has 0 aromatic heterocycles. The molecule has 1 aromatic rings. The van der Waals surface area contributed by atoms with E-state index in [-0.39, 0.29) is 9.98 Å². The lowest BCUT2D eigenvalue weighted by Gasteiger charge is -2.20. The average molecular weight is 281 g/mol. The van der Waals surface area contributed by atoms with Crippen LogP contribution in [0.1, 0.15) is 24.1 Å². The maximum atomic E-state index is 13.9. The fraction of sp³-hybridized carbons (Fsp3) is 0.364. The molecule has 2 N–H and O–H groups in total. The average Bonchev–Trinajstić information content (AvgIpc) is 2.27.